The Labute approximate surface area is 175 Å². The van der Waals surface area contributed by atoms with Gasteiger partial charge >= 0.3 is 0 Å². The monoisotopic (exact) mass is 432 g/mol. The van der Waals surface area contributed by atoms with Crippen molar-refractivity contribution >= 4 is 15.7 Å². The second-order valence-corrected chi connectivity index (χ2v) is 7.80. The molecule has 0 amide bonds. The van der Waals surface area contributed by atoms with Crippen LogP contribution >= 0.6 is 0 Å². The summed E-state index contributed by atoms with van der Waals surface area (Å²) < 4.78 is 46.6. The summed E-state index contributed by atoms with van der Waals surface area (Å²) in [7, 11) is -3.82. The molecule has 10 heteroatoms. The first kappa shape index (κ1) is 21.4. The van der Waals surface area contributed by atoms with E-state index < -0.39 is 10.0 Å². The molecule has 0 aliphatic rings. The fraction of sp³-hybridized carbons (Fsp3) is 0.300. The van der Waals surface area contributed by atoms with Crippen LogP contribution in [0.15, 0.2) is 60.0 Å². The van der Waals surface area contributed by atoms with E-state index in [-0.39, 0.29) is 4.90 Å². The first-order chi connectivity index (χ1) is 14.5. The van der Waals surface area contributed by atoms with Crippen LogP contribution in [0.25, 0.3) is 0 Å². The highest BCUT2D eigenvalue weighted by molar-refractivity contribution is 7.92. The lowest BCUT2D eigenvalue weighted by molar-refractivity contribution is 0.287. The van der Waals surface area contributed by atoms with Crippen molar-refractivity contribution < 1.29 is 22.6 Å². The van der Waals surface area contributed by atoms with Gasteiger partial charge in [0.15, 0.2) is 11.5 Å². The third-order valence-corrected chi connectivity index (χ3v) is 5.35. The highest BCUT2D eigenvalue weighted by atomic mass is 32.2. The van der Waals surface area contributed by atoms with Gasteiger partial charge in [0, 0.05) is 12.1 Å². The maximum Gasteiger partial charge on any atom is 0.262 e. The first-order valence-corrected chi connectivity index (χ1v) is 11.0. The Balaban J connectivity index is 1.71. The Morgan fingerprint density at radius 3 is 2.53 bits per heavy atom. The predicted octanol–water partition coefficient (Wildman–Crippen LogP) is 2.96. The van der Waals surface area contributed by atoms with Gasteiger partial charge in [0.1, 0.15) is 25.0 Å². The molecule has 1 N–H and O–H groups in total. The minimum atomic E-state index is -3.82. The Morgan fingerprint density at radius 1 is 1.00 bits per heavy atom. The summed E-state index contributed by atoms with van der Waals surface area (Å²) in [4.78, 5) is 3.94. The summed E-state index contributed by atoms with van der Waals surface area (Å²) in [6.45, 7) is 5.42. The number of ether oxygens (including phenoxy) is 3. The van der Waals surface area contributed by atoms with Crippen LogP contribution in [-0.4, -0.2) is 43.0 Å². The molecule has 0 saturated carbocycles. The van der Waals surface area contributed by atoms with Crippen LogP contribution in [0.2, 0.25) is 0 Å². The Morgan fingerprint density at radius 2 is 1.80 bits per heavy atom. The van der Waals surface area contributed by atoms with E-state index in [1.807, 2.05) is 13.8 Å². The van der Waals surface area contributed by atoms with E-state index in [4.69, 9.17) is 14.2 Å². The smallest absolute Gasteiger partial charge is 0.262 e. The average molecular weight is 433 g/mol. The molecule has 30 heavy (non-hydrogen) atoms. The maximum atomic E-state index is 12.8. The van der Waals surface area contributed by atoms with Gasteiger partial charge in [0.25, 0.3) is 10.0 Å². The Hall–Kier alpha value is -3.27. The van der Waals surface area contributed by atoms with Gasteiger partial charge in [0.2, 0.25) is 0 Å². The molecule has 0 saturated heterocycles. The maximum absolute atomic E-state index is 12.8. The van der Waals surface area contributed by atoms with Gasteiger partial charge in [-0.25, -0.2) is 18.1 Å². The van der Waals surface area contributed by atoms with Crippen LogP contribution in [0.3, 0.4) is 0 Å². The molecule has 1 heterocycles. The summed E-state index contributed by atoms with van der Waals surface area (Å²) in [6, 6.07) is 11.3. The summed E-state index contributed by atoms with van der Waals surface area (Å²) in [5.41, 5.74) is 0.389. The fourth-order valence-electron chi connectivity index (χ4n) is 2.67. The average Bonchev–Trinajstić information content (AvgIpc) is 3.23. The van der Waals surface area contributed by atoms with E-state index in [0.29, 0.717) is 49.3 Å². The Kier molecular flexibility index (Phi) is 7.12. The highest BCUT2D eigenvalue weighted by Gasteiger charge is 2.18. The zero-order valence-corrected chi connectivity index (χ0v) is 17.6. The van der Waals surface area contributed by atoms with Gasteiger partial charge in [-0.1, -0.05) is 6.07 Å². The van der Waals surface area contributed by atoms with Crippen LogP contribution < -0.4 is 18.9 Å². The molecule has 3 rings (SSSR count). The summed E-state index contributed by atoms with van der Waals surface area (Å²) in [5.74, 6) is 1.42. The molecule has 0 aliphatic carbocycles. The van der Waals surface area contributed by atoms with Gasteiger partial charge in [-0.15, -0.1) is 0 Å². The van der Waals surface area contributed by atoms with Crippen LogP contribution in [-0.2, 0) is 16.6 Å². The largest absolute Gasteiger partial charge is 0.492 e. The molecule has 160 valence electrons. The van der Waals surface area contributed by atoms with Crippen molar-refractivity contribution in [2.75, 3.05) is 24.5 Å². The molecule has 1 aromatic heterocycles. The third-order valence-electron chi connectivity index (χ3n) is 3.97. The van der Waals surface area contributed by atoms with Crippen LogP contribution in [0.5, 0.6) is 17.2 Å². The van der Waals surface area contributed by atoms with Crippen molar-refractivity contribution in [1.29, 1.82) is 0 Å². The number of rotatable bonds is 11. The van der Waals surface area contributed by atoms with Crippen molar-refractivity contribution in [2.24, 2.45) is 0 Å². The van der Waals surface area contributed by atoms with Gasteiger partial charge in [-0.05, 0) is 38.1 Å². The van der Waals surface area contributed by atoms with Gasteiger partial charge < -0.3 is 14.2 Å². The summed E-state index contributed by atoms with van der Waals surface area (Å²) in [5, 5.41) is 4.00. The molecule has 0 fully saturated rings. The molecule has 0 spiro atoms. The van der Waals surface area contributed by atoms with Crippen molar-refractivity contribution in [2.45, 2.75) is 25.3 Å². The molecular formula is C20H24N4O5S. The second-order valence-electron chi connectivity index (χ2n) is 6.11. The number of hydrogen-bond donors (Lipinski definition) is 1. The predicted molar refractivity (Wildman–Crippen MR) is 112 cm³/mol. The first-order valence-electron chi connectivity index (χ1n) is 9.49. The zero-order valence-electron chi connectivity index (χ0n) is 16.8. The van der Waals surface area contributed by atoms with Crippen LogP contribution in [0.1, 0.15) is 13.8 Å². The van der Waals surface area contributed by atoms with Crippen LogP contribution in [0, 0.1) is 0 Å². The topological polar surface area (TPSA) is 105 Å². The number of anilines is 1. The highest BCUT2D eigenvalue weighted by Crippen LogP contribution is 2.31. The number of nitrogens with one attached hydrogen (secondary N) is 1. The van der Waals surface area contributed by atoms with Crippen molar-refractivity contribution in [3.05, 3.63) is 55.1 Å². The SMILES string of the molecule is CCOc1ccc(S(=O)(=O)Nc2cccc(OCCn3cncn3)c2)cc1OCC. The molecule has 3 aromatic rings. The standard InChI is InChI=1S/C20H24N4O5S/c1-3-27-19-9-8-18(13-20(19)28-4-2)30(25,26)23-16-6-5-7-17(12-16)29-11-10-24-15-21-14-22-24/h5-9,12-15,23H,3-4,10-11H2,1-2H3. The number of nitrogens with zero attached hydrogens (tertiary/aromatic N) is 3. The van der Waals surface area contributed by atoms with E-state index in [0.717, 1.165) is 0 Å². The second kappa shape index (κ2) is 9.97. The van der Waals surface area contributed by atoms with Crippen molar-refractivity contribution in [1.82, 2.24) is 14.8 Å². The van der Waals surface area contributed by atoms with E-state index in [1.165, 1.54) is 18.5 Å². The third kappa shape index (κ3) is 5.63. The quantitative estimate of drug-likeness (QED) is 0.497. The van der Waals surface area contributed by atoms with Gasteiger partial charge in [0.05, 0.1) is 30.3 Å². The summed E-state index contributed by atoms with van der Waals surface area (Å²) in [6.07, 6.45) is 3.05. The number of sulfonamides is 1. The minimum absolute atomic E-state index is 0.0758. The van der Waals surface area contributed by atoms with Crippen molar-refractivity contribution in [3.8, 4) is 17.2 Å². The molecule has 0 aliphatic heterocycles. The zero-order chi connectivity index (χ0) is 21.4. The molecule has 9 nitrogen and oxygen atoms in total. The minimum Gasteiger partial charge on any atom is -0.492 e. The van der Waals surface area contributed by atoms with E-state index in [9.17, 15) is 8.42 Å². The van der Waals surface area contributed by atoms with Gasteiger partial charge in [-0.2, -0.15) is 5.10 Å². The fourth-order valence-corrected chi connectivity index (χ4v) is 3.73. The number of hydrogen-bond acceptors (Lipinski definition) is 7. The Bertz CT molecular complexity index is 1050. The lowest BCUT2D eigenvalue weighted by Gasteiger charge is -2.14. The normalized spacial score (nSPS) is 11.1. The molecule has 0 radical (unpaired) electrons. The van der Waals surface area contributed by atoms with Gasteiger partial charge in [-0.3, -0.25) is 4.72 Å². The summed E-state index contributed by atoms with van der Waals surface area (Å²) >= 11 is 0. The number of aromatic nitrogens is 3. The van der Waals surface area contributed by atoms with E-state index in [2.05, 4.69) is 14.8 Å². The molecule has 0 unspecified atom stereocenters. The lowest BCUT2D eigenvalue weighted by Crippen LogP contribution is -2.14. The molecular weight excluding hydrogens is 408 g/mol. The number of benzene rings is 2. The lowest BCUT2D eigenvalue weighted by atomic mass is 10.3. The molecule has 0 atom stereocenters. The molecule has 0 bridgehead atoms. The molecule has 2 aromatic carbocycles. The van der Waals surface area contributed by atoms with Crippen LogP contribution in [0.4, 0.5) is 5.69 Å². The van der Waals surface area contributed by atoms with Crippen molar-refractivity contribution in [3.63, 3.8) is 0 Å². The van der Waals surface area contributed by atoms with E-state index >= 15 is 0 Å². The van der Waals surface area contributed by atoms with E-state index in [1.54, 1.807) is 41.3 Å².